The van der Waals surface area contributed by atoms with Crippen molar-refractivity contribution in [2.24, 2.45) is 0 Å². The molecular weight excluding hydrogens is 653 g/mol. The monoisotopic (exact) mass is 672 g/mol. The summed E-state index contributed by atoms with van der Waals surface area (Å²) in [5.41, 5.74) is 5.22. The Bertz CT molecular complexity index is 1940. The average Bonchev–Trinajstić information content (AvgIpc) is 2.92. The molecule has 0 saturated carbocycles. The van der Waals surface area contributed by atoms with Gasteiger partial charge in [0.05, 0.1) is 27.4 Å². The summed E-state index contributed by atoms with van der Waals surface area (Å²) in [5.74, 6) is 0.490. The Morgan fingerprint density at radius 1 is 0.932 bits per heavy atom. The number of alkyl halides is 3. The largest absolute Gasteiger partial charge is 0.424 e. The van der Waals surface area contributed by atoms with Crippen molar-refractivity contribution in [2.45, 2.75) is 11.1 Å². The molecule has 0 unspecified atom stereocenters. The van der Waals surface area contributed by atoms with Crippen molar-refractivity contribution in [2.75, 3.05) is 23.6 Å². The molecule has 4 N–H and O–H groups in total. The summed E-state index contributed by atoms with van der Waals surface area (Å²) in [6.07, 6.45) is -0.516. The summed E-state index contributed by atoms with van der Waals surface area (Å²) >= 11 is 5.99. The minimum atomic E-state index is -5.04. The number of urea groups is 1. The molecular formula is C25H20ClF3N6O7S2. The summed E-state index contributed by atoms with van der Waals surface area (Å²) < 4.78 is 99.3. The molecule has 19 heteroatoms. The molecule has 0 aliphatic rings. The summed E-state index contributed by atoms with van der Waals surface area (Å²) in [6.45, 7) is 0. The molecule has 0 spiro atoms. The number of halogens is 4. The first kappa shape index (κ1) is 32.4. The number of hydroxylamine groups is 1. The highest BCUT2D eigenvalue weighted by Crippen LogP contribution is 2.44. The summed E-state index contributed by atoms with van der Waals surface area (Å²) in [4.78, 5) is 23.5. The number of pyridine rings is 1. The second-order valence-corrected chi connectivity index (χ2v) is 12.9. The molecule has 2 aromatic heterocycles. The zero-order valence-corrected chi connectivity index (χ0v) is 24.8. The number of nitrogens with two attached hydrogens (primary N) is 1. The molecule has 44 heavy (non-hydrogen) atoms. The van der Waals surface area contributed by atoms with Gasteiger partial charge in [-0.15, -0.1) is 4.28 Å². The zero-order valence-electron chi connectivity index (χ0n) is 22.4. The highest BCUT2D eigenvalue weighted by molar-refractivity contribution is 7.90. The Balaban J connectivity index is 1.70. The van der Waals surface area contributed by atoms with Crippen molar-refractivity contribution in [3.8, 4) is 34.0 Å². The fourth-order valence-corrected chi connectivity index (χ4v) is 5.02. The van der Waals surface area contributed by atoms with E-state index in [-0.39, 0.29) is 23.1 Å². The number of nitrogens with zero attached hydrogens (tertiary/aromatic N) is 3. The third kappa shape index (κ3) is 7.90. The Morgan fingerprint density at radius 3 is 2.14 bits per heavy atom. The van der Waals surface area contributed by atoms with Crippen molar-refractivity contribution < 1.29 is 43.8 Å². The molecule has 13 nitrogen and oxygen atoms in total. The lowest BCUT2D eigenvalue weighted by atomic mass is 9.99. The highest BCUT2D eigenvalue weighted by atomic mass is 35.5. The molecule has 4 rings (SSSR count). The van der Waals surface area contributed by atoms with Crippen LogP contribution in [0.25, 0.3) is 22.3 Å². The predicted octanol–water partition coefficient (Wildman–Crippen LogP) is 4.67. The third-order valence-corrected chi connectivity index (χ3v) is 7.30. The van der Waals surface area contributed by atoms with Gasteiger partial charge in [-0.3, -0.25) is 0 Å². The van der Waals surface area contributed by atoms with E-state index in [1.807, 2.05) is 5.32 Å². The number of ether oxygens (including phenoxy) is 1. The Morgan fingerprint density at radius 2 is 1.57 bits per heavy atom. The normalized spacial score (nSPS) is 12.0. The predicted molar refractivity (Wildman–Crippen MR) is 153 cm³/mol. The fraction of sp³-hybridized carbons (Fsp3) is 0.120. The number of sulfone groups is 1. The van der Waals surface area contributed by atoms with Crippen LogP contribution in [0.2, 0.25) is 5.02 Å². The van der Waals surface area contributed by atoms with Crippen LogP contribution < -0.4 is 21.3 Å². The first-order valence-corrected chi connectivity index (χ1v) is 15.9. The standard InChI is InChI=1S/C25H20ClF3N6O7S2/c1-43(37,38)19-8-7-18(25(27,28)29)20(21(19)34-23(36)35-42-44(2,39)40)14-10-32-24(33-11-14)41-16-5-3-13(4-6-16)17-9-15(26)12-31-22(17)30/h3-12H,1-2H3,(H2,30,31)(H2,34,35,36). The number of aromatic nitrogens is 3. The van der Waals surface area contributed by atoms with Gasteiger partial charge in [0.25, 0.3) is 10.1 Å². The lowest BCUT2D eigenvalue weighted by Crippen LogP contribution is -2.32. The van der Waals surface area contributed by atoms with Crippen LogP contribution in [0.15, 0.2) is 66.0 Å². The van der Waals surface area contributed by atoms with Gasteiger partial charge in [-0.25, -0.2) is 28.2 Å². The second-order valence-electron chi connectivity index (χ2n) is 8.94. The summed E-state index contributed by atoms with van der Waals surface area (Å²) in [5, 5.41) is 2.30. The van der Waals surface area contributed by atoms with Crippen LogP contribution >= 0.6 is 11.6 Å². The van der Waals surface area contributed by atoms with E-state index >= 15 is 0 Å². The van der Waals surface area contributed by atoms with E-state index in [4.69, 9.17) is 22.1 Å². The SMILES string of the molecule is CS(=O)(=O)ONC(=O)Nc1c(S(C)(=O)=O)ccc(C(F)(F)F)c1-c1cnc(Oc2ccc(-c3cc(Cl)cnc3N)cc2)nc1. The van der Waals surface area contributed by atoms with E-state index < -0.39 is 53.9 Å². The Labute approximate surface area is 253 Å². The molecule has 0 fully saturated rings. The van der Waals surface area contributed by atoms with Gasteiger partial charge < -0.3 is 15.8 Å². The molecule has 0 aliphatic heterocycles. The molecule has 0 aliphatic carbocycles. The van der Waals surface area contributed by atoms with Crippen LogP contribution in [-0.4, -0.2) is 50.3 Å². The molecule has 2 amide bonds. The maximum atomic E-state index is 14.1. The van der Waals surface area contributed by atoms with Crippen LogP contribution in [0.1, 0.15) is 5.56 Å². The van der Waals surface area contributed by atoms with Crippen molar-refractivity contribution in [1.29, 1.82) is 0 Å². The minimum Gasteiger partial charge on any atom is -0.424 e. The molecule has 4 aromatic rings. The number of hydrogen-bond acceptors (Lipinski definition) is 11. The number of anilines is 2. The smallest absolute Gasteiger partial charge is 0.417 e. The van der Waals surface area contributed by atoms with Crippen LogP contribution in [-0.2, 0) is 30.4 Å². The van der Waals surface area contributed by atoms with Gasteiger partial charge in [0.2, 0.25) is 0 Å². The molecule has 232 valence electrons. The van der Waals surface area contributed by atoms with E-state index in [1.54, 1.807) is 30.3 Å². The zero-order chi connectivity index (χ0) is 32.4. The molecule has 0 atom stereocenters. The second kappa shape index (κ2) is 12.2. The van der Waals surface area contributed by atoms with Gasteiger partial charge in [0, 0.05) is 41.5 Å². The van der Waals surface area contributed by atoms with E-state index in [2.05, 4.69) is 19.2 Å². The number of carbonyl (C=O) groups excluding carboxylic acids is 1. The summed E-state index contributed by atoms with van der Waals surface area (Å²) in [7, 11) is -8.46. The van der Waals surface area contributed by atoms with Gasteiger partial charge in [0.15, 0.2) is 9.84 Å². The van der Waals surface area contributed by atoms with Crippen molar-refractivity contribution in [3.05, 3.63) is 71.6 Å². The number of rotatable bonds is 8. The molecule has 0 saturated heterocycles. The molecule has 0 bridgehead atoms. The van der Waals surface area contributed by atoms with Crippen LogP contribution in [0.4, 0.5) is 29.5 Å². The molecule has 2 heterocycles. The first-order valence-electron chi connectivity index (χ1n) is 11.8. The van der Waals surface area contributed by atoms with Gasteiger partial charge in [-0.05, 0) is 35.9 Å². The Hall–Kier alpha value is -4.52. The van der Waals surface area contributed by atoms with Crippen LogP contribution in [0, 0.1) is 0 Å². The first-order chi connectivity index (χ1) is 20.4. The maximum absolute atomic E-state index is 14.1. The van der Waals surface area contributed by atoms with Crippen molar-refractivity contribution in [1.82, 2.24) is 20.4 Å². The van der Waals surface area contributed by atoms with E-state index in [9.17, 15) is 34.8 Å². The third-order valence-electron chi connectivity index (χ3n) is 5.57. The fourth-order valence-electron chi connectivity index (χ4n) is 3.79. The van der Waals surface area contributed by atoms with Gasteiger partial charge in [0.1, 0.15) is 11.6 Å². The van der Waals surface area contributed by atoms with Crippen LogP contribution in [0.5, 0.6) is 11.8 Å². The number of nitrogens with one attached hydrogen (secondary N) is 2. The Kier molecular flexibility index (Phi) is 9.00. The van der Waals surface area contributed by atoms with Gasteiger partial charge in [-0.1, -0.05) is 23.7 Å². The quantitative estimate of drug-likeness (QED) is 0.220. The van der Waals surface area contributed by atoms with Gasteiger partial charge >= 0.3 is 18.2 Å². The minimum absolute atomic E-state index is 0.245. The molecule has 2 aromatic carbocycles. The van der Waals surface area contributed by atoms with Gasteiger partial charge in [-0.2, -0.15) is 27.1 Å². The number of hydrogen-bond donors (Lipinski definition) is 3. The number of benzene rings is 2. The average molecular weight is 673 g/mol. The van der Waals surface area contributed by atoms with Crippen LogP contribution in [0.3, 0.4) is 0 Å². The highest BCUT2D eigenvalue weighted by Gasteiger charge is 2.37. The number of nitrogen functional groups attached to an aromatic ring is 1. The lowest BCUT2D eigenvalue weighted by Gasteiger charge is -2.20. The van der Waals surface area contributed by atoms with Crippen molar-refractivity contribution >= 4 is 49.1 Å². The number of carbonyl (C=O) groups is 1. The maximum Gasteiger partial charge on any atom is 0.417 e. The van der Waals surface area contributed by atoms with E-state index in [0.717, 1.165) is 12.4 Å². The summed E-state index contributed by atoms with van der Waals surface area (Å²) in [6, 6.07) is 7.40. The number of amides is 2. The van der Waals surface area contributed by atoms with E-state index in [1.165, 1.54) is 11.7 Å². The lowest BCUT2D eigenvalue weighted by molar-refractivity contribution is -0.137. The topological polar surface area (TPSA) is 193 Å². The van der Waals surface area contributed by atoms with Crippen molar-refractivity contribution in [3.63, 3.8) is 0 Å². The molecule has 0 radical (unpaired) electrons. The van der Waals surface area contributed by atoms with E-state index in [0.29, 0.717) is 40.8 Å².